The van der Waals surface area contributed by atoms with Gasteiger partial charge in [0, 0.05) is 19.3 Å². The fourth-order valence-corrected chi connectivity index (χ4v) is 2.15. The van der Waals surface area contributed by atoms with E-state index in [1.165, 1.54) is 5.56 Å². The molecule has 0 saturated carbocycles. The first kappa shape index (κ1) is 14.2. The number of hydrogen-bond acceptors (Lipinski definition) is 2. The van der Waals surface area contributed by atoms with Crippen molar-refractivity contribution in [3.63, 3.8) is 0 Å². The van der Waals surface area contributed by atoms with Crippen LogP contribution in [-0.4, -0.2) is 10.5 Å². The number of anilines is 1. The number of nitrogen functional groups attached to an aromatic ring is 1. The van der Waals surface area contributed by atoms with Crippen LogP contribution >= 0.6 is 0 Å². The summed E-state index contributed by atoms with van der Waals surface area (Å²) in [4.78, 5) is 12.1. The lowest BCUT2D eigenvalue weighted by Gasteiger charge is -2.08. The van der Waals surface area contributed by atoms with Gasteiger partial charge in [-0.1, -0.05) is 31.2 Å². The lowest BCUT2D eigenvalue weighted by Crippen LogP contribution is -2.25. The van der Waals surface area contributed by atoms with Crippen LogP contribution in [0.5, 0.6) is 0 Å². The number of aryl methyl sites for hydroxylation is 2. The monoisotopic (exact) mass is 271 g/mol. The second kappa shape index (κ2) is 6.28. The number of nitrogens with two attached hydrogens (primary N) is 1. The van der Waals surface area contributed by atoms with Gasteiger partial charge in [0.2, 0.25) is 0 Å². The van der Waals surface area contributed by atoms with E-state index in [0.29, 0.717) is 17.9 Å². The molecule has 0 saturated heterocycles. The highest BCUT2D eigenvalue weighted by molar-refractivity contribution is 5.93. The second-order valence-corrected chi connectivity index (χ2v) is 4.80. The van der Waals surface area contributed by atoms with E-state index < -0.39 is 0 Å². The number of nitrogens with zero attached hydrogens (tertiary/aromatic N) is 1. The second-order valence-electron chi connectivity index (χ2n) is 4.80. The SMILES string of the molecule is CCc1ccc(CNC(=O)c2cc(N)cn2CC)cc1. The molecule has 1 aromatic carbocycles. The highest BCUT2D eigenvalue weighted by Gasteiger charge is 2.11. The first-order valence-corrected chi connectivity index (χ1v) is 6.95. The minimum Gasteiger partial charge on any atom is -0.397 e. The molecule has 2 aromatic rings. The van der Waals surface area contributed by atoms with Crippen molar-refractivity contribution in [2.24, 2.45) is 0 Å². The summed E-state index contributed by atoms with van der Waals surface area (Å²) >= 11 is 0. The van der Waals surface area contributed by atoms with Gasteiger partial charge in [0.25, 0.3) is 5.91 Å². The molecule has 0 aliphatic carbocycles. The van der Waals surface area contributed by atoms with E-state index in [2.05, 4.69) is 24.4 Å². The van der Waals surface area contributed by atoms with Gasteiger partial charge >= 0.3 is 0 Å². The van der Waals surface area contributed by atoms with Crippen molar-refractivity contribution >= 4 is 11.6 Å². The molecule has 0 fully saturated rings. The van der Waals surface area contributed by atoms with Gasteiger partial charge in [-0.2, -0.15) is 0 Å². The summed E-state index contributed by atoms with van der Waals surface area (Å²) in [6.07, 6.45) is 2.81. The number of nitrogens with one attached hydrogen (secondary N) is 1. The number of carbonyl (C=O) groups is 1. The maximum atomic E-state index is 12.1. The van der Waals surface area contributed by atoms with Crippen molar-refractivity contribution in [3.05, 3.63) is 53.3 Å². The highest BCUT2D eigenvalue weighted by atomic mass is 16.1. The highest BCUT2D eigenvalue weighted by Crippen LogP contribution is 2.11. The summed E-state index contributed by atoms with van der Waals surface area (Å²) in [5.74, 6) is -0.0943. The number of carbonyl (C=O) groups excluding carboxylic acids is 1. The average Bonchev–Trinajstić information content (AvgIpc) is 2.86. The predicted octanol–water partition coefficient (Wildman–Crippen LogP) is 2.58. The molecule has 1 aromatic heterocycles. The van der Waals surface area contributed by atoms with Crippen molar-refractivity contribution in [1.29, 1.82) is 0 Å². The Balaban J connectivity index is 2.00. The zero-order valence-electron chi connectivity index (χ0n) is 12.0. The normalized spacial score (nSPS) is 10.5. The Bertz CT molecular complexity index is 584. The first-order chi connectivity index (χ1) is 9.63. The number of benzene rings is 1. The largest absolute Gasteiger partial charge is 0.397 e. The van der Waals surface area contributed by atoms with Crippen molar-refractivity contribution in [1.82, 2.24) is 9.88 Å². The van der Waals surface area contributed by atoms with Crippen LogP contribution in [0.15, 0.2) is 36.5 Å². The van der Waals surface area contributed by atoms with E-state index in [1.807, 2.05) is 23.6 Å². The molecule has 3 N–H and O–H groups in total. The fourth-order valence-electron chi connectivity index (χ4n) is 2.15. The smallest absolute Gasteiger partial charge is 0.268 e. The van der Waals surface area contributed by atoms with Gasteiger partial charge in [-0.3, -0.25) is 4.79 Å². The minimum absolute atomic E-state index is 0.0943. The molecular weight excluding hydrogens is 250 g/mol. The third kappa shape index (κ3) is 3.20. The molecular formula is C16H21N3O. The molecule has 0 atom stereocenters. The van der Waals surface area contributed by atoms with Gasteiger partial charge in [-0.05, 0) is 30.5 Å². The van der Waals surface area contributed by atoms with Crippen molar-refractivity contribution < 1.29 is 4.79 Å². The Morgan fingerprint density at radius 1 is 1.20 bits per heavy atom. The van der Waals surface area contributed by atoms with Gasteiger partial charge in [-0.15, -0.1) is 0 Å². The van der Waals surface area contributed by atoms with E-state index in [9.17, 15) is 4.79 Å². The van der Waals surface area contributed by atoms with Gasteiger partial charge in [0.15, 0.2) is 0 Å². The molecule has 0 radical (unpaired) electrons. The molecule has 0 spiro atoms. The van der Waals surface area contributed by atoms with E-state index >= 15 is 0 Å². The number of hydrogen-bond donors (Lipinski definition) is 2. The third-order valence-electron chi connectivity index (χ3n) is 3.38. The Hall–Kier alpha value is -2.23. The Labute approximate surface area is 119 Å². The minimum atomic E-state index is -0.0943. The summed E-state index contributed by atoms with van der Waals surface area (Å²) < 4.78 is 1.85. The molecule has 20 heavy (non-hydrogen) atoms. The molecule has 2 rings (SSSR count). The summed E-state index contributed by atoms with van der Waals surface area (Å²) in [6.45, 7) is 5.36. The van der Waals surface area contributed by atoms with E-state index in [4.69, 9.17) is 5.73 Å². The van der Waals surface area contributed by atoms with Crippen LogP contribution in [0.3, 0.4) is 0 Å². The van der Waals surface area contributed by atoms with Gasteiger partial charge in [0.05, 0.1) is 5.69 Å². The quantitative estimate of drug-likeness (QED) is 0.878. The molecule has 106 valence electrons. The molecule has 0 aliphatic rings. The summed E-state index contributed by atoms with van der Waals surface area (Å²) in [5.41, 5.74) is 9.35. The molecule has 1 amide bonds. The van der Waals surface area contributed by atoms with Gasteiger partial charge in [0.1, 0.15) is 5.69 Å². The van der Waals surface area contributed by atoms with E-state index in [1.54, 1.807) is 12.3 Å². The van der Waals surface area contributed by atoms with E-state index in [0.717, 1.165) is 18.5 Å². The number of aromatic nitrogens is 1. The fraction of sp³-hybridized carbons (Fsp3) is 0.312. The Kier molecular flexibility index (Phi) is 4.45. The molecule has 1 heterocycles. The maximum Gasteiger partial charge on any atom is 0.268 e. The van der Waals surface area contributed by atoms with Crippen molar-refractivity contribution in [2.75, 3.05) is 5.73 Å². The lowest BCUT2D eigenvalue weighted by molar-refractivity contribution is 0.0942. The average molecular weight is 271 g/mol. The van der Waals surface area contributed by atoms with Crippen LogP contribution in [0.4, 0.5) is 5.69 Å². The van der Waals surface area contributed by atoms with Crippen LogP contribution in [-0.2, 0) is 19.5 Å². The van der Waals surface area contributed by atoms with Crippen LogP contribution in [0.25, 0.3) is 0 Å². The molecule has 0 unspecified atom stereocenters. The van der Waals surface area contributed by atoms with Crippen molar-refractivity contribution in [2.45, 2.75) is 33.4 Å². The summed E-state index contributed by atoms with van der Waals surface area (Å²) in [7, 11) is 0. The van der Waals surface area contributed by atoms with Crippen molar-refractivity contribution in [3.8, 4) is 0 Å². The molecule has 4 heteroatoms. The standard InChI is InChI=1S/C16H21N3O/c1-3-12-5-7-13(8-6-12)10-18-16(20)15-9-14(17)11-19(15)4-2/h5-9,11H,3-4,10,17H2,1-2H3,(H,18,20). The molecule has 0 aliphatic heterocycles. The summed E-state index contributed by atoms with van der Waals surface area (Å²) in [5, 5.41) is 2.93. The van der Waals surface area contributed by atoms with Crippen LogP contribution in [0, 0.1) is 0 Å². The van der Waals surface area contributed by atoms with E-state index in [-0.39, 0.29) is 5.91 Å². The van der Waals surface area contributed by atoms with Crippen LogP contribution < -0.4 is 11.1 Å². The number of amides is 1. The van der Waals surface area contributed by atoms with Gasteiger partial charge < -0.3 is 15.6 Å². The maximum absolute atomic E-state index is 12.1. The lowest BCUT2D eigenvalue weighted by atomic mass is 10.1. The Morgan fingerprint density at radius 3 is 2.45 bits per heavy atom. The molecule has 0 bridgehead atoms. The zero-order chi connectivity index (χ0) is 14.5. The summed E-state index contributed by atoms with van der Waals surface area (Å²) in [6, 6.07) is 9.99. The van der Waals surface area contributed by atoms with Crippen LogP contribution in [0.2, 0.25) is 0 Å². The topological polar surface area (TPSA) is 60.1 Å². The first-order valence-electron chi connectivity index (χ1n) is 6.95. The molecule has 4 nitrogen and oxygen atoms in total. The predicted molar refractivity (Wildman–Crippen MR) is 81.5 cm³/mol. The number of rotatable bonds is 5. The van der Waals surface area contributed by atoms with Crippen LogP contribution in [0.1, 0.15) is 35.5 Å². The third-order valence-corrected chi connectivity index (χ3v) is 3.38. The Morgan fingerprint density at radius 2 is 1.85 bits per heavy atom. The zero-order valence-corrected chi connectivity index (χ0v) is 12.0. The van der Waals surface area contributed by atoms with Gasteiger partial charge in [-0.25, -0.2) is 0 Å².